The average molecular weight is 312 g/mol. The molecule has 1 atom stereocenters. The van der Waals surface area contributed by atoms with Crippen molar-refractivity contribution in [3.8, 4) is 5.75 Å². The molecule has 0 radical (unpaired) electrons. The largest absolute Gasteiger partial charge is 0.495 e. The quantitative estimate of drug-likeness (QED) is 0.887. The zero-order valence-electron chi connectivity index (χ0n) is 11.8. The van der Waals surface area contributed by atoms with Crippen LogP contribution in [0.5, 0.6) is 5.75 Å². The average Bonchev–Trinajstić information content (AvgIpc) is 2.46. The standard InChI is InChI=1S/C16H16ClF2NO/c1-3-20-16(15-12(18)5-4-6-13(15)19)10-7-8-14(21-2)11(17)9-10/h4-9,16,20H,3H2,1-2H3. The van der Waals surface area contributed by atoms with Crippen LogP contribution in [0.15, 0.2) is 36.4 Å². The Hall–Kier alpha value is -1.65. The molecule has 0 saturated carbocycles. The van der Waals surface area contributed by atoms with E-state index in [9.17, 15) is 8.78 Å². The molecule has 21 heavy (non-hydrogen) atoms. The lowest BCUT2D eigenvalue weighted by atomic mass is 9.97. The number of hydrogen-bond acceptors (Lipinski definition) is 2. The molecule has 112 valence electrons. The molecule has 2 nitrogen and oxygen atoms in total. The van der Waals surface area contributed by atoms with Crippen LogP contribution in [-0.2, 0) is 0 Å². The highest BCUT2D eigenvalue weighted by Crippen LogP contribution is 2.32. The van der Waals surface area contributed by atoms with E-state index in [0.717, 1.165) is 0 Å². The predicted octanol–water partition coefficient (Wildman–Crippen LogP) is 4.33. The third-order valence-corrected chi connectivity index (χ3v) is 3.50. The Labute approximate surface area is 127 Å². The molecule has 0 aromatic heterocycles. The number of halogens is 3. The molecule has 0 aliphatic carbocycles. The third kappa shape index (κ3) is 3.34. The smallest absolute Gasteiger partial charge is 0.137 e. The summed E-state index contributed by atoms with van der Waals surface area (Å²) in [5.74, 6) is -0.662. The highest BCUT2D eigenvalue weighted by Gasteiger charge is 2.21. The number of methoxy groups -OCH3 is 1. The summed E-state index contributed by atoms with van der Waals surface area (Å²) in [4.78, 5) is 0. The maximum atomic E-state index is 14.0. The van der Waals surface area contributed by atoms with E-state index in [1.807, 2.05) is 6.92 Å². The van der Waals surface area contributed by atoms with E-state index in [2.05, 4.69) is 5.32 Å². The van der Waals surface area contributed by atoms with Gasteiger partial charge in [-0.2, -0.15) is 0 Å². The van der Waals surface area contributed by atoms with Gasteiger partial charge in [0.2, 0.25) is 0 Å². The molecule has 0 heterocycles. The topological polar surface area (TPSA) is 21.3 Å². The van der Waals surface area contributed by atoms with Gasteiger partial charge in [0.15, 0.2) is 0 Å². The van der Waals surface area contributed by atoms with Crippen LogP contribution in [0.25, 0.3) is 0 Å². The number of rotatable bonds is 5. The summed E-state index contributed by atoms with van der Waals surface area (Å²) in [6.07, 6.45) is 0. The van der Waals surface area contributed by atoms with Crippen molar-refractivity contribution in [3.05, 3.63) is 64.2 Å². The number of hydrogen-bond donors (Lipinski definition) is 1. The van der Waals surface area contributed by atoms with Crippen molar-refractivity contribution >= 4 is 11.6 Å². The fourth-order valence-electron chi connectivity index (χ4n) is 2.24. The van der Waals surface area contributed by atoms with Crippen LogP contribution in [0.4, 0.5) is 8.78 Å². The predicted molar refractivity (Wildman–Crippen MR) is 79.9 cm³/mol. The van der Waals surface area contributed by atoms with Crippen molar-refractivity contribution in [2.45, 2.75) is 13.0 Å². The first kappa shape index (κ1) is 15.7. The normalized spacial score (nSPS) is 12.2. The lowest BCUT2D eigenvalue weighted by Gasteiger charge is -2.21. The van der Waals surface area contributed by atoms with E-state index in [4.69, 9.17) is 16.3 Å². The van der Waals surface area contributed by atoms with Gasteiger partial charge in [-0.05, 0) is 36.4 Å². The van der Waals surface area contributed by atoms with E-state index in [1.165, 1.54) is 25.3 Å². The Kier molecular flexibility index (Phi) is 5.15. The summed E-state index contributed by atoms with van der Waals surface area (Å²) >= 11 is 6.10. The molecule has 0 fully saturated rings. The number of nitrogens with one attached hydrogen (secondary N) is 1. The lowest BCUT2D eigenvalue weighted by molar-refractivity contribution is 0.414. The van der Waals surface area contributed by atoms with Gasteiger partial charge in [0, 0.05) is 5.56 Å². The zero-order valence-corrected chi connectivity index (χ0v) is 12.5. The SMILES string of the molecule is CCNC(c1ccc(OC)c(Cl)c1)c1c(F)cccc1F. The molecule has 2 rings (SSSR count). The molecule has 2 aromatic rings. The van der Waals surface area contributed by atoms with Crippen LogP contribution in [-0.4, -0.2) is 13.7 Å². The van der Waals surface area contributed by atoms with E-state index >= 15 is 0 Å². The highest BCUT2D eigenvalue weighted by atomic mass is 35.5. The van der Waals surface area contributed by atoms with Gasteiger partial charge in [0.1, 0.15) is 17.4 Å². The molecule has 0 saturated heterocycles. The van der Waals surface area contributed by atoms with E-state index in [-0.39, 0.29) is 5.56 Å². The van der Waals surface area contributed by atoms with Crippen LogP contribution in [0.1, 0.15) is 24.1 Å². The van der Waals surface area contributed by atoms with Crippen LogP contribution in [0, 0.1) is 11.6 Å². The minimum atomic E-state index is -0.611. The number of benzene rings is 2. The van der Waals surface area contributed by atoms with Gasteiger partial charge in [-0.1, -0.05) is 30.7 Å². The fraction of sp³-hybridized carbons (Fsp3) is 0.250. The Bertz CT molecular complexity index is 613. The molecule has 5 heteroatoms. The first-order chi connectivity index (χ1) is 10.1. The van der Waals surface area contributed by atoms with E-state index in [0.29, 0.717) is 22.9 Å². The monoisotopic (exact) mass is 311 g/mol. The zero-order chi connectivity index (χ0) is 15.4. The molecule has 0 amide bonds. The van der Waals surface area contributed by atoms with Gasteiger partial charge in [-0.3, -0.25) is 0 Å². The maximum absolute atomic E-state index is 14.0. The van der Waals surface area contributed by atoms with Gasteiger partial charge < -0.3 is 10.1 Å². The van der Waals surface area contributed by atoms with Gasteiger partial charge in [0.25, 0.3) is 0 Å². The van der Waals surface area contributed by atoms with Crippen molar-refractivity contribution in [3.63, 3.8) is 0 Å². The summed E-state index contributed by atoms with van der Waals surface area (Å²) in [5, 5.41) is 3.48. The van der Waals surface area contributed by atoms with Crippen LogP contribution in [0.3, 0.4) is 0 Å². The molecule has 1 unspecified atom stereocenters. The van der Waals surface area contributed by atoms with Crippen LogP contribution in [0.2, 0.25) is 5.02 Å². The maximum Gasteiger partial charge on any atom is 0.137 e. The second kappa shape index (κ2) is 6.87. The highest BCUT2D eigenvalue weighted by molar-refractivity contribution is 6.32. The Morgan fingerprint density at radius 2 is 1.86 bits per heavy atom. The summed E-state index contributed by atoms with van der Waals surface area (Å²) in [6.45, 7) is 2.43. The second-order valence-corrected chi connectivity index (χ2v) is 4.93. The molecule has 2 aromatic carbocycles. The first-order valence-electron chi connectivity index (χ1n) is 6.59. The Morgan fingerprint density at radius 3 is 2.38 bits per heavy atom. The molecule has 0 bridgehead atoms. The van der Waals surface area contributed by atoms with Crippen molar-refractivity contribution in [2.75, 3.05) is 13.7 Å². The van der Waals surface area contributed by atoms with Gasteiger partial charge in [-0.25, -0.2) is 8.78 Å². The lowest BCUT2D eigenvalue weighted by Crippen LogP contribution is -2.24. The summed E-state index contributed by atoms with van der Waals surface area (Å²) < 4.78 is 33.1. The fourth-order valence-corrected chi connectivity index (χ4v) is 2.51. The summed E-state index contributed by atoms with van der Waals surface area (Å²) in [5.41, 5.74) is 0.659. The minimum Gasteiger partial charge on any atom is -0.495 e. The third-order valence-electron chi connectivity index (χ3n) is 3.21. The molecule has 1 N–H and O–H groups in total. The van der Waals surface area contributed by atoms with E-state index < -0.39 is 17.7 Å². The first-order valence-corrected chi connectivity index (χ1v) is 6.97. The molecule has 0 spiro atoms. The van der Waals surface area contributed by atoms with Gasteiger partial charge >= 0.3 is 0 Å². The number of ether oxygens (including phenoxy) is 1. The minimum absolute atomic E-state index is 0.0133. The molecular formula is C16H16ClF2NO. The van der Waals surface area contributed by atoms with Crippen molar-refractivity contribution in [1.82, 2.24) is 5.32 Å². The second-order valence-electron chi connectivity index (χ2n) is 4.52. The summed E-state index contributed by atoms with van der Waals surface area (Å²) in [7, 11) is 1.51. The van der Waals surface area contributed by atoms with Crippen LogP contribution >= 0.6 is 11.6 Å². The van der Waals surface area contributed by atoms with Crippen LogP contribution < -0.4 is 10.1 Å². The van der Waals surface area contributed by atoms with Gasteiger partial charge in [-0.15, -0.1) is 0 Å². The van der Waals surface area contributed by atoms with E-state index in [1.54, 1.807) is 18.2 Å². The molecule has 0 aliphatic heterocycles. The molecule has 0 aliphatic rings. The Morgan fingerprint density at radius 1 is 1.19 bits per heavy atom. The van der Waals surface area contributed by atoms with Crippen molar-refractivity contribution in [1.29, 1.82) is 0 Å². The molecular weight excluding hydrogens is 296 g/mol. The van der Waals surface area contributed by atoms with Crippen molar-refractivity contribution < 1.29 is 13.5 Å². The van der Waals surface area contributed by atoms with Crippen molar-refractivity contribution in [2.24, 2.45) is 0 Å². The summed E-state index contributed by atoms with van der Waals surface area (Å²) in [6, 6.07) is 8.30. The Balaban J connectivity index is 2.51. The van der Waals surface area contributed by atoms with Gasteiger partial charge in [0.05, 0.1) is 18.2 Å².